The van der Waals surface area contributed by atoms with Crippen LogP contribution in [0.1, 0.15) is 18.9 Å². The Kier molecular flexibility index (Phi) is 7.74. The first-order valence-electron chi connectivity index (χ1n) is 5.47. The van der Waals surface area contributed by atoms with E-state index in [2.05, 4.69) is 12.1 Å². The minimum atomic E-state index is -5.08. The van der Waals surface area contributed by atoms with E-state index < -0.39 is 12.1 Å². The maximum atomic E-state index is 11.8. The first-order chi connectivity index (χ1) is 8.77. The maximum Gasteiger partial charge on any atom is 0.490 e. The number of benzene rings is 1. The molecule has 1 aromatic rings. The third-order valence-corrected chi connectivity index (χ3v) is 2.14. The summed E-state index contributed by atoms with van der Waals surface area (Å²) >= 11 is 0. The summed E-state index contributed by atoms with van der Waals surface area (Å²) in [5.41, 5.74) is 3.00. The molecule has 2 N–H and O–H groups in total. The molecule has 0 fully saturated rings. The number of halogens is 4. The van der Waals surface area contributed by atoms with Gasteiger partial charge in [-0.05, 0) is 25.3 Å². The van der Waals surface area contributed by atoms with Crippen LogP contribution in [0, 0.1) is 0 Å². The quantitative estimate of drug-likeness (QED) is 0.658. The molecule has 0 spiro atoms. The van der Waals surface area contributed by atoms with Gasteiger partial charge in [-0.1, -0.05) is 30.3 Å². The van der Waals surface area contributed by atoms with Crippen molar-refractivity contribution >= 4 is 5.97 Å². The van der Waals surface area contributed by atoms with Gasteiger partial charge in [0.1, 0.15) is 0 Å². The monoisotopic (exact) mass is 281 g/mol. The molecular formula is C12H15F4NO2. The SMILES string of the molecule is CC(CCc1ccccc1)NF.O=C(O)C(F)(F)F. The van der Waals surface area contributed by atoms with E-state index >= 15 is 0 Å². The minimum absolute atomic E-state index is 0.0507. The van der Waals surface area contributed by atoms with Crippen LogP contribution in [0.25, 0.3) is 0 Å². The van der Waals surface area contributed by atoms with Gasteiger partial charge in [-0.2, -0.15) is 18.7 Å². The molecule has 19 heavy (non-hydrogen) atoms. The Balaban J connectivity index is 0.000000399. The fraction of sp³-hybridized carbons (Fsp3) is 0.417. The van der Waals surface area contributed by atoms with Crippen LogP contribution in [0.2, 0.25) is 0 Å². The number of rotatable bonds is 4. The largest absolute Gasteiger partial charge is 0.490 e. The van der Waals surface area contributed by atoms with Crippen LogP contribution >= 0.6 is 0 Å². The second-order valence-electron chi connectivity index (χ2n) is 3.84. The highest BCUT2D eigenvalue weighted by molar-refractivity contribution is 5.73. The number of alkyl halides is 3. The Morgan fingerprint density at radius 2 is 1.79 bits per heavy atom. The third kappa shape index (κ3) is 9.01. The molecule has 0 amide bonds. The van der Waals surface area contributed by atoms with Crippen molar-refractivity contribution in [2.45, 2.75) is 32.0 Å². The van der Waals surface area contributed by atoms with E-state index in [1.165, 1.54) is 5.56 Å². The molecule has 0 saturated carbocycles. The molecule has 1 atom stereocenters. The molecule has 0 radical (unpaired) electrons. The molecule has 1 rings (SSSR count). The zero-order valence-electron chi connectivity index (χ0n) is 10.2. The van der Waals surface area contributed by atoms with Crippen LogP contribution in [-0.2, 0) is 11.2 Å². The van der Waals surface area contributed by atoms with Crippen molar-refractivity contribution < 1.29 is 27.6 Å². The summed E-state index contributed by atoms with van der Waals surface area (Å²) in [5, 5.41) is 7.12. The van der Waals surface area contributed by atoms with Gasteiger partial charge in [0, 0.05) is 6.04 Å². The molecule has 1 aromatic carbocycles. The predicted octanol–water partition coefficient (Wildman–Crippen LogP) is 3.12. The molecule has 7 heteroatoms. The lowest BCUT2D eigenvalue weighted by Crippen LogP contribution is -2.21. The van der Waals surface area contributed by atoms with Crippen LogP contribution < -0.4 is 5.54 Å². The minimum Gasteiger partial charge on any atom is -0.475 e. The molecule has 0 aliphatic heterocycles. The molecule has 3 nitrogen and oxygen atoms in total. The number of carboxylic acids is 1. The second-order valence-corrected chi connectivity index (χ2v) is 3.84. The molecule has 0 aliphatic carbocycles. The van der Waals surface area contributed by atoms with Gasteiger partial charge in [-0.25, -0.2) is 4.79 Å². The van der Waals surface area contributed by atoms with Crippen molar-refractivity contribution in [1.82, 2.24) is 5.54 Å². The van der Waals surface area contributed by atoms with Crippen molar-refractivity contribution in [3.8, 4) is 0 Å². The normalized spacial score (nSPS) is 12.3. The highest BCUT2D eigenvalue weighted by Crippen LogP contribution is 2.13. The summed E-state index contributed by atoms with van der Waals surface area (Å²) < 4.78 is 43.6. The van der Waals surface area contributed by atoms with E-state index in [0.29, 0.717) is 0 Å². The fourth-order valence-corrected chi connectivity index (χ4v) is 1.08. The number of aliphatic carboxylic acids is 1. The number of aryl methyl sites for hydroxylation is 1. The molecule has 0 saturated heterocycles. The average Bonchev–Trinajstić information content (AvgIpc) is 2.36. The summed E-state index contributed by atoms with van der Waals surface area (Å²) in [6, 6.07) is 10.1. The molecule has 0 aliphatic rings. The molecule has 0 bridgehead atoms. The number of carbonyl (C=O) groups is 1. The number of carboxylic acid groups (broad SMARTS) is 1. The van der Waals surface area contributed by atoms with Gasteiger partial charge in [0.25, 0.3) is 0 Å². The zero-order valence-corrected chi connectivity index (χ0v) is 10.2. The molecular weight excluding hydrogens is 266 g/mol. The van der Waals surface area contributed by atoms with Crippen LogP contribution in [0.5, 0.6) is 0 Å². The highest BCUT2D eigenvalue weighted by Gasteiger charge is 2.38. The zero-order chi connectivity index (χ0) is 14.9. The van der Waals surface area contributed by atoms with E-state index in [9.17, 15) is 17.7 Å². The van der Waals surface area contributed by atoms with Crippen LogP contribution in [0.4, 0.5) is 17.7 Å². The summed E-state index contributed by atoms with van der Waals surface area (Å²) in [6.07, 6.45) is -3.32. The average molecular weight is 281 g/mol. The first-order valence-corrected chi connectivity index (χ1v) is 5.47. The Morgan fingerprint density at radius 1 is 1.32 bits per heavy atom. The van der Waals surface area contributed by atoms with E-state index in [-0.39, 0.29) is 6.04 Å². The van der Waals surface area contributed by atoms with Crippen LogP contribution in [-0.4, -0.2) is 23.3 Å². The smallest absolute Gasteiger partial charge is 0.475 e. The summed E-state index contributed by atoms with van der Waals surface area (Å²) in [4.78, 5) is 8.90. The van der Waals surface area contributed by atoms with Gasteiger partial charge < -0.3 is 5.11 Å². The van der Waals surface area contributed by atoms with E-state index in [1.807, 2.05) is 25.1 Å². The summed E-state index contributed by atoms with van der Waals surface area (Å²) in [6.45, 7) is 1.84. The van der Waals surface area contributed by atoms with E-state index in [0.717, 1.165) is 12.8 Å². The van der Waals surface area contributed by atoms with Gasteiger partial charge in [-0.15, -0.1) is 4.48 Å². The number of nitrogens with one attached hydrogen (secondary N) is 1. The lowest BCUT2D eigenvalue weighted by molar-refractivity contribution is -0.192. The second kappa shape index (κ2) is 8.47. The number of hydrogen-bond acceptors (Lipinski definition) is 2. The van der Waals surface area contributed by atoms with Gasteiger partial charge in [0.15, 0.2) is 0 Å². The van der Waals surface area contributed by atoms with Gasteiger partial charge in [-0.3, -0.25) is 0 Å². The third-order valence-electron chi connectivity index (χ3n) is 2.14. The summed E-state index contributed by atoms with van der Waals surface area (Å²) in [7, 11) is 0. The van der Waals surface area contributed by atoms with Crippen molar-refractivity contribution in [3.05, 3.63) is 35.9 Å². The first kappa shape index (κ1) is 17.4. The van der Waals surface area contributed by atoms with Crippen molar-refractivity contribution in [2.24, 2.45) is 0 Å². The van der Waals surface area contributed by atoms with E-state index in [1.54, 1.807) is 5.54 Å². The maximum absolute atomic E-state index is 11.8. The van der Waals surface area contributed by atoms with Crippen molar-refractivity contribution in [2.75, 3.05) is 0 Å². The Labute approximate surface area is 108 Å². The fourth-order valence-electron chi connectivity index (χ4n) is 1.08. The van der Waals surface area contributed by atoms with Crippen molar-refractivity contribution in [3.63, 3.8) is 0 Å². The van der Waals surface area contributed by atoms with Gasteiger partial charge >= 0.3 is 12.1 Å². The Hall–Kier alpha value is -1.63. The number of hydrogen-bond donors (Lipinski definition) is 2. The van der Waals surface area contributed by atoms with Gasteiger partial charge in [0.2, 0.25) is 0 Å². The molecule has 0 aromatic heterocycles. The lowest BCUT2D eigenvalue weighted by Gasteiger charge is -2.06. The standard InChI is InChI=1S/C10H14FN.C2HF3O2/c1-9(12-11)7-8-10-5-3-2-4-6-10;3-2(4,5)1(6)7/h2-6,9,12H,7-8H2,1H3;(H,6,7). The molecule has 1 unspecified atom stereocenters. The highest BCUT2D eigenvalue weighted by atomic mass is 19.4. The van der Waals surface area contributed by atoms with E-state index in [4.69, 9.17) is 9.90 Å². The lowest BCUT2D eigenvalue weighted by atomic mass is 10.1. The molecule has 108 valence electrons. The summed E-state index contributed by atoms with van der Waals surface area (Å²) in [5.74, 6) is -2.76. The predicted molar refractivity (Wildman–Crippen MR) is 62.2 cm³/mol. The Bertz CT molecular complexity index is 368. The molecule has 0 heterocycles. The van der Waals surface area contributed by atoms with Crippen molar-refractivity contribution in [1.29, 1.82) is 0 Å². The van der Waals surface area contributed by atoms with Crippen LogP contribution in [0.15, 0.2) is 30.3 Å². The van der Waals surface area contributed by atoms with Crippen LogP contribution in [0.3, 0.4) is 0 Å². The van der Waals surface area contributed by atoms with Gasteiger partial charge in [0.05, 0.1) is 0 Å². The topological polar surface area (TPSA) is 49.3 Å². The Morgan fingerprint density at radius 3 is 2.16 bits per heavy atom.